The molecule has 1 fully saturated rings. The average Bonchev–Trinajstić information content (AvgIpc) is 2.90. The summed E-state index contributed by atoms with van der Waals surface area (Å²) in [6.45, 7) is 2.86. The van der Waals surface area contributed by atoms with Crippen molar-refractivity contribution >= 4 is 29.4 Å². The smallest absolute Gasteiger partial charge is 0.329 e. The third-order valence-electron chi connectivity index (χ3n) is 4.92. The molecule has 7 nitrogen and oxygen atoms in total. The number of esters is 1. The summed E-state index contributed by atoms with van der Waals surface area (Å²) in [4.78, 5) is 50.2. The molecule has 3 atom stereocenters. The highest BCUT2D eigenvalue weighted by molar-refractivity contribution is 6.08. The molecular formula is C20H22N2O5. The van der Waals surface area contributed by atoms with Crippen molar-refractivity contribution in [3.8, 4) is 0 Å². The number of aryl methyl sites for hydroxylation is 1. The van der Waals surface area contributed by atoms with E-state index < -0.39 is 36.4 Å². The summed E-state index contributed by atoms with van der Waals surface area (Å²) in [5.74, 6) is -2.75. The minimum absolute atomic E-state index is 0.344. The van der Waals surface area contributed by atoms with Gasteiger partial charge in [0.15, 0.2) is 6.61 Å². The minimum atomic E-state index is -1.05. The van der Waals surface area contributed by atoms with Crippen LogP contribution in [0.25, 0.3) is 0 Å². The number of carbonyl (C=O) groups is 4. The van der Waals surface area contributed by atoms with Crippen molar-refractivity contribution < 1.29 is 23.9 Å². The lowest BCUT2D eigenvalue weighted by molar-refractivity contribution is -0.159. The normalized spacial score (nSPS) is 22.4. The fourth-order valence-corrected chi connectivity index (χ4v) is 3.49. The number of nitrogens with one attached hydrogen (secondary N) is 1. The first-order chi connectivity index (χ1) is 12.9. The van der Waals surface area contributed by atoms with Crippen molar-refractivity contribution in [3.63, 3.8) is 0 Å². The van der Waals surface area contributed by atoms with Crippen LogP contribution in [-0.4, -0.2) is 41.2 Å². The first-order valence-corrected chi connectivity index (χ1v) is 8.93. The predicted octanol–water partition coefficient (Wildman–Crippen LogP) is 1.82. The number of imide groups is 1. The molecule has 1 saturated heterocycles. The molecule has 0 aromatic heterocycles. The summed E-state index contributed by atoms with van der Waals surface area (Å²) in [5.41, 5.74) is 1.59. The Morgan fingerprint density at radius 3 is 2.41 bits per heavy atom. The number of nitrogens with zero attached hydrogens (tertiary/aromatic N) is 1. The Labute approximate surface area is 157 Å². The van der Waals surface area contributed by atoms with E-state index in [0.717, 1.165) is 10.5 Å². The van der Waals surface area contributed by atoms with E-state index >= 15 is 0 Å². The lowest BCUT2D eigenvalue weighted by Crippen LogP contribution is -2.45. The molecule has 2 aliphatic rings. The van der Waals surface area contributed by atoms with Crippen LogP contribution in [0, 0.1) is 18.8 Å². The maximum Gasteiger partial charge on any atom is 0.329 e. The number of anilines is 1. The minimum Gasteiger partial charge on any atom is -0.454 e. The van der Waals surface area contributed by atoms with Gasteiger partial charge < -0.3 is 10.1 Å². The van der Waals surface area contributed by atoms with Gasteiger partial charge in [-0.3, -0.25) is 19.3 Å². The van der Waals surface area contributed by atoms with Gasteiger partial charge in [0.05, 0.1) is 11.8 Å². The SMILES string of the molecule is Cc1cccc(NC(=O)COC(=O)[C@H](C)N2C(=O)[C@H]3CC=CC[C@H]3C2=O)c1. The van der Waals surface area contributed by atoms with Gasteiger partial charge in [-0.1, -0.05) is 24.3 Å². The zero-order chi connectivity index (χ0) is 19.6. The molecule has 142 valence electrons. The molecule has 1 aliphatic heterocycles. The summed E-state index contributed by atoms with van der Waals surface area (Å²) in [5, 5.41) is 2.63. The van der Waals surface area contributed by atoms with Crippen LogP contribution < -0.4 is 5.32 Å². The largest absolute Gasteiger partial charge is 0.454 e. The number of fused-ring (bicyclic) bond motifs is 1. The van der Waals surface area contributed by atoms with Crippen molar-refractivity contribution in [2.24, 2.45) is 11.8 Å². The lowest BCUT2D eigenvalue weighted by atomic mass is 9.85. The zero-order valence-corrected chi connectivity index (χ0v) is 15.3. The fraction of sp³-hybridized carbons (Fsp3) is 0.400. The molecule has 1 aliphatic carbocycles. The molecule has 1 aromatic rings. The van der Waals surface area contributed by atoms with Crippen LogP contribution in [0.5, 0.6) is 0 Å². The van der Waals surface area contributed by atoms with E-state index in [-0.39, 0.29) is 11.8 Å². The number of rotatable bonds is 5. The molecule has 3 rings (SSSR count). The van der Waals surface area contributed by atoms with Gasteiger partial charge in [0.1, 0.15) is 6.04 Å². The molecule has 3 amide bonds. The number of benzene rings is 1. The number of likely N-dealkylation sites (tertiary alicyclic amines) is 1. The van der Waals surface area contributed by atoms with Gasteiger partial charge >= 0.3 is 5.97 Å². The fourth-order valence-electron chi connectivity index (χ4n) is 3.49. The van der Waals surface area contributed by atoms with Crippen LogP contribution in [-0.2, 0) is 23.9 Å². The molecule has 0 spiro atoms. The van der Waals surface area contributed by atoms with Gasteiger partial charge in [-0.25, -0.2) is 4.79 Å². The third kappa shape index (κ3) is 3.92. The average molecular weight is 370 g/mol. The third-order valence-corrected chi connectivity index (χ3v) is 4.92. The predicted molar refractivity (Wildman–Crippen MR) is 97.4 cm³/mol. The molecule has 1 N–H and O–H groups in total. The van der Waals surface area contributed by atoms with Crippen molar-refractivity contribution in [1.82, 2.24) is 4.90 Å². The molecule has 27 heavy (non-hydrogen) atoms. The maximum absolute atomic E-state index is 12.5. The number of allylic oxidation sites excluding steroid dienone is 2. The second-order valence-electron chi connectivity index (χ2n) is 6.90. The van der Waals surface area contributed by atoms with E-state index in [2.05, 4.69) is 5.32 Å². The van der Waals surface area contributed by atoms with E-state index in [4.69, 9.17) is 4.74 Å². The molecule has 0 radical (unpaired) electrons. The van der Waals surface area contributed by atoms with E-state index in [1.54, 1.807) is 18.2 Å². The standard InChI is InChI=1S/C20H22N2O5/c1-12-6-5-7-14(10-12)21-17(23)11-27-20(26)13(2)22-18(24)15-8-3-4-9-16(15)19(22)25/h3-7,10,13,15-16H,8-9,11H2,1-2H3,(H,21,23)/t13-,15-,16+/m0/s1. The summed E-state index contributed by atoms with van der Waals surface area (Å²) in [6, 6.07) is 6.17. The quantitative estimate of drug-likeness (QED) is 0.485. The van der Waals surface area contributed by atoms with E-state index in [0.29, 0.717) is 18.5 Å². The highest BCUT2D eigenvalue weighted by Gasteiger charge is 2.50. The summed E-state index contributed by atoms with van der Waals surface area (Å²) >= 11 is 0. The van der Waals surface area contributed by atoms with Gasteiger partial charge in [-0.15, -0.1) is 0 Å². The van der Waals surface area contributed by atoms with Gasteiger partial charge in [0, 0.05) is 5.69 Å². The summed E-state index contributed by atoms with van der Waals surface area (Å²) in [7, 11) is 0. The molecule has 1 heterocycles. The maximum atomic E-state index is 12.5. The topological polar surface area (TPSA) is 92.8 Å². The van der Waals surface area contributed by atoms with Crippen molar-refractivity contribution in [2.45, 2.75) is 32.7 Å². The Hall–Kier alpha value is -2.96. The highest BCUT2D eigenvalue weighted by atomic mass is 16.5. The van der Waals surface area contributed by atoms with Gasteiger partial charge in [-0.2, -0.15) is 0 Å². The Kier molecular flexibility index (Phi) is 5.39. The van der Waals surface area contributed by atoms with E-state index in [1.165, 1.54) is 6.92 Å². The monoisotopic (exact) mass is 370 g/mol. The highest BCUT2D eigenvalue weighted by Crippen LogP contribution is 2.36. The van der Waals surface area contributed by atoms with Crippen LogP contribution >= 0.6 is 0 Å². The van der Waals surface area contributed by atoms with E-state index in [1.807, 2.05) is 25.1 Å². The Bertz CT molecular complexity index is 790. The Balaban J connectivity index is 1.55. The van der Waals surface area contributed by atoms with E-state index in [9.17, 15) is 19.2 Å². The molecule has 1 aromatic carbocycles. The van der Waals surface area contributed by atoms with Crippen molar-refractivity contribution in [2.75, 3.05) is 11.9 Å². The Morgan fingerprint density at radius 1 is 1.19 bits per heavy atom. The number of hydrogen-bond acceptors (Lipinski definition) is 5. The second kappa shape index (κ2) is 7.73. The first-order valence-electron chi connectivity index (χ1n) is 8.93. The molecular weight excluding hydrogens is 348 g/mol. The number of amides is 3. The lowest BCUT2D eigenvalue weighted by Gasteiger charge is -2.21. The van der Waals surface area contributed by atoms with Crippen LogP contribution in [0.15, 0.2) is 36.4 Å². The van der Waals surface area contributed by atoms with Crippen molar-refractivity contribution in [3.05, 3.63) is 42.0 Å². The van der Waals surface area contributed by atoms with Crippen LogP contribution in [0.2, 0.25) is 0 Å². The summed E-state index contributed by atoms with van der Waals surface area (Å²) in [6.07, 6.45) is 4.78. The van der Waals surface area contributed by atoms with Gasteiger partial charge in [0.25, 0.3) is 5.91 Å². The van der Waals surface area contributed by atoms with Gasteiger partial charge in [0.2, 0.25) is 11.8 Å². The number of carbonyl (C=O) groups excluding carboxylic acids is 4. The second-order valence-corrected chi connectivity index (χ2v) is 6.90. The summed E-state index contributed by atoms with van der Waals surface area (Å²) < 4.78 is 5.02. The Morgan fingerprint density at radius 2 is 1.81 bits per heavy atom. The molecule has 0 bridgehead atoms. The molecule has 7 heteroatoms. The number of ether oxygens (including phenoxy) is 1. The number of hydrogen-bond donors (Lipinski definition) is 1. The van der Waals surface area contributed by atoms with Crippen molar-refractivity contribution in [1.29, 1.82) is 0 Å². The molecule has 0 unspecified atom stereocenters. The zero-order valence-electron chi connectivity index (χ0n) is 15.3. The van der Waals surface area contributed by atoms with Crippen LogP contribution in [0.1, 0.15) is 25.3 Å². The van der Waals surface area contributed by atoms with Gasteiger partial charge in [-0.05, 0) is 44.4 Å². The molecule has 0 saturated carbocycles. The first kappa shape index (κ1) is 18.8. The van der Waals surface area contributed by atoms with Crippen LogP contribution in [0.4, 0.5) is 5.69 Å². The van der Waals surface area contributed by atoms with Crippen LogP contribution in [0.3, 0.4) is 0 Å².